The van der Waals surface area contributed by atoms with E-state index in [0.717, 1.165) is 0 Å². The Hall–Kier alpha value is -3.69. The first kappa shape index (κ1) is 19.6. The van der Waals surface area contributed by atoms with Gasteiger partial charge in [0.25, 0.3) is 5.69 Å². The second-order valence-corrected chi connectivity index (χ2v) is 5.37. The number of nitrogens with zero attached hydrogens (tertiary/aromatic N) is 2. The number of hydrogen-bond acceptors (Lipinski definition) is 7. The smallest absolute Gasteiger partial charge is 0.310 e. The number of non-ortho nitro benzene ring substituents is 1. The molecule has 0 atom stereocenters. The molecule has 142 valence electrons. The van der Waals surface area contributed by atoms with Crippen molar-refractivity contribution < 1.29 is 24.1 Å². The summed E-state index contributed by atoms with van der Waals surface area (Å²) in [5.74, 6) is 0.0355. The van der Waals surface area contributed by atoms with Crippen LogP contribution >= 0.6 is 0 Å². The molecule has 0 fully saturated rings. The van der Waals surface area contributed by atoms with Crippen LogP contribution in [0.3, 0.4) is 0 Å². The SMILES string of the molecule is COc1ccc([N+](=O)[O-])cc1NC(=O)CCCOc1ccccc1[N+](=O)[O-]. The molecule has 0 aromatic heterocycles. The molecular formula is C17H17N3O7. The van der Waals surface area contributed by atoms with E-state index in [-0.39, 0.29) is 41.7 Å². The van der Waals surface area contributed by atoms with E-state index in [1.54, 1.807) is 6.07 Å². The van der Waals surface area contributed by atoms with Crippen molar-refractivity contribution in [3.05, 3.63) is 62.7 Å². The molecule has 0 heterocycles. The lowest BCUT2D eigenvalue weighted by molar-refractivity contribution is -0.385. The Balaban J connectivity index is 1.89. The Morgan fingerprint density at radius 2 is 1.81 bits per heavy atom. The maximum absolute atomic E-state index is 12.0. The number of carbonyl (C=O) groups excluding carboxylic acids is 1. The summed E-state index contributed by atoms with van der Waals surface area (Å²) in [7, 11) is 1.39. The fraction of sp³-hybridized carbons (Fsp3) is 0.235. The fourth-order valence-corrected chi connectivity index (χ4v) is 2.26. The maximum atomic E-state index is 12.0. The third-order valence-electron chi connectivity index (χ3n) is 3.54. The van der Waals surface area contributed by atoms with Crippen molar-refractivity contribution in [2.24, 2.45) is 0 Å². The van der Waals surface area contributed by atoms with Crippen molar-refractivity contribution in [2.45, 2.75) is 12.8 Å². The number of hydrogen-bond donors (Lipinski definition) is 1. The Bertz CT molecular complexity index is 854. The van der Waals surface area contributed by atoms with Gasteiger partial charge in [-0.2, -0.15) is 0 Å². The molecule has 0 aliphatic carbocycles. The summed E-state index contributed by atoms with van der Waals surface area (Å²) in [4.78, 5) is 32.7. The Morgan fingerprint density at radius 1 is 1.07 bits per heavy atom. The highest BCUT2D eigenvalue weighted by Gasteiger charge is 2.15. The number of nitrogens with one attached hydrogen (secondary N) is 1. The highest BCUT2D eigenvalue weighted by atomic mass is 16.6. The van der Waals surface area contributed by atoms with Crippen molar-refractivity contribution in [1.29, 1.82) is 0 Å². The van der Waals surface area contributed by atoms with Gasteiger partial charge >= 0.3 is 5.69 Å². The van der Waals surface area contributed by atoms with Crippen LogP contribution < -0.4 is 14.8 Å². The van der Waals surface area contributed by atoms with Gasteiger partial charge in [-0.25, -0.2) is 0 Å². The minimum atomic E-state index is -0.574. The van der Waals surface area contributed by atoms with Crippen molar-refractivity contribution in [3.63, 3.8) is 0 Å². The van der Waals surface area contributed by atoms with Gasteiger partial charge in [0.15, 0.2) is 5.75 Å². The highest BCUT2D eigenvalue weighted by Crippen LogP contribution is 2.29. The van der Waals surface area contributed by atoms with Gasteiger partial charge in [0.2, 0.25) is 5.91 Å². The average Bonchev–Trinajstić information content (AvgIpc) is 2.65. The normalized spacial score (nSPS) is 10.1. The van der Waals surface area contributed by atoms with Gasteiger partial charge in [0.1, 0.15) is 5.75 Å². The van der Waals surface area contributed by atoms with E-state index in [1.807, 2.05) is 0 Å². The fourth-order valence-electron chi connectivity index (χ4n) is 2.26. The van der Waals surface area contributed by atoms with Crippen LogP contribution in [0.1, 0.15) is 12.8 Å². The summed E-state index contributed by atoms with van der Waals surface area (Å²) in [5, 5.41) is 24.3. The molecule has 27 heavy (non-hydrogen) atoms. The third kappa shape index (κ3) is 5.39. The van der Waals surface area contributed by atoms with E-state index in [9.17, 15) is 25.0 Å². The van der Waals surface area contributed by atoms with Crippen LogP contribution in [0.4, 0.5) is 17.1 Å². The van der Waals surface area contributed by atoms with Crippen molar-refractivity contribution in [1.82, 2.24) is 0 Å². The summed E-state index contributed by atoms with van der Waals surface area (Å²) < 4.78 is 10.4. The highest BCUT2D eigenvalue weighted by molar-refractivity contribution is 5.92. The molecular weight excluding hydrogens is 358 g/mol. The van der Waals surface area contributed by atoms with Crippen molar-refractivity contribution >= 4 is 23.0 Å². The van der Waals surface area contributed by atoms with E-state index >= 15 is 0 Å². The van der Waals surface area contributed by atoms with Crippen molar-refractivity contribution in [3.8, 4) is 11.5 Å². The molecule has 10 heteroatoms. The van der Waals surface area contributed by atoms with Gasteiger partial charge in [-0.3, -0.25) is 25.0 Å². The van der Waals surface area contributed by atoms with Crippen LogP contribution in [0.5, 0.6) is 11.5 Å². The lowest BCUT2D eigenvalue weighted by Gasteiger charge is -2.10. The Kier molecular flexibility index (Phi) is 6.64. The predicted molar refractivity (Wildman–Crippen MR) is 96.1 cm³/mol. The molecule has 0 aliphatic rings. The van der Waals surface area contributed by atoms with Gasteiger partial charge in [-0.1, -0.05) is 12.1 Å². The van der Waals surface area contributed by atoms with E-state index in [1.165, 1.54) is 43.5 Å². The third-order valence-corrected chi connectivity index (χ3v) is 3.54. The molecule has 2 rings (SSSR count). The Labute approximate surface area is 154 Å². The van der Waals surface area contributed by atoms with E-state index < -0.39 is 9.85 Å². The second-order valence-electron chi connectivity index (χ2n) is 5.37. The molecule has 1 N–H and O–H groups in total. The van der Waals surface area contributed by atoms with E-state index in [4.69, 9.17) is 9.47 Å². The van der Waals surface area contributed by atoms with Crippen LogP contribution in [0.2, 0.25) is 0 Å². The molecule has 0 bridgehead atoms. The van der Waals surface area contributed by atoms with E-state index in [0.29, 0.717) is 12.2 Å². The zero-order chi connectivity index (χ0) is 19.8. The summed E-state index contributed by atoms with van der Waals surface area (Å²) in [6.45, 7) is 0.102. The van der Waals surface area contributed by atoms with Crippen LogP contribution in [0, 0.1) is 20.2 Å². The largest absolute Gasteiger partial charge is 0.495 e. The number of nitro benzene ring substituents is 2. The molecule has 0 unspecified atom stereocenters. The zero-order valence-electron chi connectivity index (χ0n) is 14.4. The molecule has 2 aromatic rings. The molecule has 0 saturated heterocycles. The number of nitro groups is 2. The van der Waals surface area contributed by atoms with Crippen LogP contribution in [0.15, 0.2) is 42.5 Å². The number of amides is 1. The van der Waals surface area contributed by atoms with Crippen molar-refractivity contribution in [2.75, 3.05) is 19.0 Å². The number of carbonyl (C=O) groups is 1. The average molecular weight is 375 g/mol. The first-order chi connectivity index (χ1) is 12.9. The molecule has 0 aliphatic heterocycles. The number of para-hydroxylation sites is 2. The zero-order valence-corrected chi connectivity index (χ0v) is 14.4. The molecule has 10 nitrogen and oxygen atoms in total. The van der Waals surface area contributed by atoms with Gasteiger partial charge in [-0.15, -0.1) is 0 Å². The summed E-state index contributed by atoms with van der Waals surface area (Å²) in [6.07, 6.45) is 0.363. The van der Waals surface area contributed by atoms with E-state index in [2.05, 4.69) is 5.32 Å². The second kappa shape index (κ2) is 9.13. The standard InChI is InChI=1S/C17H17N3O7/c1-26-15-9-8-12(19(22)23)11-13(15)18-17(21)7-4-10-27-16-6-3-2-5-14(16)20(24)25/h2-3,5-6,8-9,11H,4,7,10H2,1H3,(H,18,21). The minimum absolute atomic E-state index is 0.0620. The van der Waals surface area contributed by atoms with Gasteiger partial charge in [0.05, 0.1) is 29.3 Å². The number of ether oxygens (including phenoxy) is 2. The van der Waals surface area contributed by atoms with Gasteiger partial charge < -0.3 is 14.8 Å². The van der Waals surface area contributed by atoms with Crippen LogP contribution in [0.25, 0.3) is 0 Å². The van der Waals surface area contributed by atoms with Gasteiger partial charge in [0, 0.05) is 24.6 Å². The molecule has 0 radical (unpaired) electrons. The molecule has 0 spiro atoms. The van der Waals surface area contributed by atoms with Crippen LogP contribution in [-0.4, -0.2) is 29.5 Å². The minimum Gasteiger partial charge on any atom is -0.495 e. The first-order valence-electron chi connectivity index (χ1n) is 7.91. The number of methoxy groups -OCH3 is 1. The van der Waals surface area contributed by atoms with Gasteiger partial charge in [-0.05, 0) is 18.6 Å². The molecule has 2 aromatic carbocycles. The summed E-state index contributed by atoms with van der Waals surface area (Å²) in [5.41, 5.74) is -0.134. The predicted octanol–water partition coefficient (Wildman–Crippen LogP) is 3.31. The number of rotatable bonds is 9. The Morgan fingerprint density at radius 3 is 2.48 bits per heavy atom. The molecule has 0 saturated carbocycles. The lowest BCUT2D eigenvalue weighted by atomic mass is 10.2. The monoisotopic (exact) mass is 375 g/mol. The lowest BCUT2D eigenvalue weighted by Crippen LogP contribution is -2.14. The summed E-state index contributed by atoms with van der Waals surface area (Å²) in [6, 6.07) is 9.83. The summed E-state index contributed by atoms with van der Waals surface area (Å²) >= 11 is 0. The molecule has 1 amide bonds. The first-order valence-corrected chi connectivity index (χ1v) is 7.91. The number of anilines is 1. The van der Waals surface area contributed by atoms with Crippen LogP contribution in [-0.2, 0) is 4.79 Å². The quantitative estimate of drug-likeness (QED) is 0.403. The topological polar surface area (TPSA) is 134 Å². The maximum Gasteiger partial charge on any atom is 0.310 e. The number of benzene rings is 2.